The molecule has 0 aliphatic carbocycles. The number of esters is 1. The number of phosphoric ester groups is 1. The van der Waals surface area contributed by atoms with Crippen LogP contribution in [0.5, 0.6) is 0 Å². The average molecular weight is 560 g/mol. The summed E-state index contributed by atoms with van der Waals surface area (Å²) in [4.78, 5) is 33.1. The van der Waals surface area contributed by atoms with Gasteiger partial charge in [-0.1, -0.05) is 76.0 Å². The minimum Gasteiger partial charge on any atom is -0.463 e. The van der Waals surface area contributed by atoms with E-state index in [1.807, 2.05) is 0 Å². The van der Waals surface area contributed by atoms with Crippen LogP contribution in [-0.4, -0.2) is 54.3 Å². The van der Waals surface area contributed by atoms with Crippen molar-refractivity contribution in [1.82, 2.24) is 5.32 Å². The lowest BCUT2D eigenvalue weighted by Crippen LogP contribution is -2.27. The molecule has 0 bridgehead atoms. The molecule has 0 radical (unpaired) electrons. The van der Waals surface area contributed by atoms with E-state index in [0.717, 1.165) is 64.2 Å². The Morgan fingerprint density at radius 3 is 2.21 bits per heavy atom. The standard InChI is InChI=1S/C28H50NO8P/c1-3-5-7-9-10-11-12-13-14-15-16-17-19-21-28(32)35-24-26(30)25-37-38(33,34)36-23-22-29-27(31)20-18-8-6-4-2/h5,7,10-11,13-14,26,30H,3-4,6,8-9,12,15-25H2,1-2H3,(H,29,31)(H,33,34)/b7-5-,11-10-,14-13-. The zero-order chi connectivity index (χ0) is 28.3. The average Bonchev–Trinajstić information content (AvgIpc) is 2.89. The van der Waals surface area contributed by atoms with Crippen LogP contribution in [0.4, 0.5) is 0 Å². The number of rotatable bonds is 25. The second-order valence-electron chi connectivity index (χ2n) is 8.99. The molecule has 0 aliphatic rings. The third-order valence-electron chi connectivity index (χ3n) is 5.33. The molecule has 9 nitrogen and oxygen atoms in total. The number of aliphatic hydroxyl groups is 1. The number of unbranched alkanes of at least 4 members (excludes halogenated alkanes) is 6. The van der Waals surface area contributed by atoms with Gasteiger partial charge in [0, 0.05) is 19.4 Å². The number of nitrogens with one attached hydrogen (secondary N) is 1. The number of phosphoric acid groups is 1. The molecule has 0 aromatic heterocycles. The summed E-state index contributed by atoms with van der Waals surface area (Å²) in [5.74, 6) is -0.571. The van der Waals surface area contributed by atoms with Gasteiger partial charge in [0.2, 0.25) is 5.91 Å². The highest BCUT2D eigenvalue weighted by Crippen LogP contribution is 2.42. The first kappa shape index (κ1) is 36.2. The van der Waals surface area contributed by atoms with Crippen LogP contribution in [0.25, 0.3) is 0 Å². The molecule has 2 atom stereocenters. The summed E-state index contributed by atoms with van der Waals surface area (Å²) in [6.07, 6.45) is 22.8. The summed E-state index contributed by atoms with van der Waals surface area (Å²) in [6.45, 7) is 3.22. The van der Waals surface area contributed by atoms with Gasteiger partial charge in [-0.3, -0.25) is 18.6 Å². The van der Waals surface area contributed by atoms with E-state index in [-0.39, 0.29) is 32.1 Å². The molecule has 10 heteroatoms. The van der Waals surface area contributed by atoms with Gasteiger partial charge in [-0.2, -0.15) is 0 Å². The molecular formula is C28H50NO8P. The molecule has 0 saturated carbocycles. The number of allylic oxidation sites excluding steroid dienone is 6. The van der Waals surface area contributed by atoms with E-state index in [1.54, 1.807) is 0 Å². The largest absolute Gasteiger partial charge is 0.472 e. The molecule has 0 heterocycles. The number of hydrogen-bond donors (Lipinski definition) is 3. The fourth-order valence-electron chi connectivity index (χ4n) is 3.21. The lowest BCUT2D eigenvalue weighted by atomic mass is 10.1. The van der Waals surface area contributed by atoms with Gasteiger partial charge in [0.05, 0.1) is 13.2 Å². The minimum absolute atomic E-state index is 0.0749. The van der Waals surface area contributed by atoms with Gasteiger partial charge >= 0.3 is 13.8 Å². The van der Waals surface area contributed by atoms with Crippen LogP contribution in [-0.2, 0) is 27.9 Å². The highest BCUT2D eigenvalue weighted by atomic mass is 31.2. The molecule has 0 fully saturated rings. The van der Waals surface area contributed by atoms with E-state index in [0.29, 0.717) is 12.8 Å². The lowest BCUT2D eigenvalue weighted by Gasteiger charge is -2.15. The van der Waals surface area contributed by atoms with Gasteiger partial charge in [0.15, 0.2) is 0 Å². The number of carbonyl (C=O) groups is 2. The van der Waals surface area contributed by atoms with Crippen molar-refractivity contribution in [3.63, 3.8) is 0 Å². The molecular weight excluding hydrogens is 509 g/mol. The van der Waals surface area contributed by atoms with E-state index in [9.17, 15) is 24.2 Å². The summed E-state index contributed by atoms with van der Waals surface area (Å²) < 4.78 is 26.4. The zero-order valence-corrected chi connectivity index (χ0v) is 24.2. The topological polar surface area (TPSA) is 131 Å². The number of hydrogen-bond acceptors (Lipinski definition) is 7. The molecule has 220 valence electrons. The summed E-state index contributed by atoms with van der Waals surface area (Å²) in [7, 11) is -4.39. The fourth-order valence-corrected chi connectivity index (χ4v) is 3.97. The van der Waals surface area contributed by atoms with E-state index in [2.05, 4.69) is 55.6 Å². The Balaban J connectivity index is 3.75. The SMILES string of the molecule is CC/C=C\C/C=C\C/C=C\CCCCCC(=O)OCC(O)COP(=O)(O)OCCNC(=O)CCCCCC. The third-order valence-corrected chi connectivity index (χ3v) is 6.32. The number of amides is 1. The van der Waals surface area contributed by atoms with Gasteiger partial charge in [0.25, 0.3) is 0 Å². The van der Waals surface area contributed by atoms with Gasteiger partial charge < -0.3 is 20.1 Å². The maximum Gasteiger partial charge on any atom is 0.472 e. The zero-order valence-electron chi connectivity index (χ0n) is 23.4. The van der Waals surface area contributed by atoms with Crippen molar-refractivity contribution in [2.45, 2.75) is 103 Å². The quantitative estimate of drug-likeness (QED) is 0.0544. The summed E-state index contributed by atoms with van der Waals surface area (Å²) in [5, 5.41) is 12.5. The molecule has 1 amide bonds. The summed E-state index contributed by atoms with van der Waals surface area (Å²) in [6, 6.07) is 0. The van der Waals surface area contributed by atoms with Crippen LogP contribution in [0.1, 0.15) is 97.3 Å². The van der Waals surface area contributed by atoms with Crippen LogP contribution in [0.15, 0.2) is 36.5 Å². The molecule has 0 rings (SSSR count). The predicted molar refractivity (Wildman–Crippen MR) is 150 cm³/mol. The van der Waals surface area contributed by atoms with Crippen molar-refractivity contribution in [3.05, 3.63) is 36.5 Å². The van der Waals surface area contributed by atoms with Crippen LogP contribution in [0.3, 0.4) is 0 Å². The molecule has 0 aliphatic heterocycles. The number of ether oxygens (including phenoxy) is 1. The molecule has 3 N–H and O–H groups in total. The van der Waals surface area contributed by atoms with Gasteiger partial charge in [-0.25, -0.2) is 4.57 Å². The normalized spacial score (nSPS) is 14.3. The lowest BCUT2D eigenvalue weighted by molar-refractivity contribution is -0.147. The number of aliphatic hydroxyl groups excluding tert-OH is 1. The smallest absolute Gasteiger partial charge is 0.463 e. The maximum absolute atomic E-state index is 11.9. The van der Waals surface area contributed by atoms with Crippen molar-refractivity contribution in [2.24, 2.45) is 0 Å². The van der Waals surface area contributed by atoms with Crippen molar-refractivity contribution in [3.8, 4) is 0 Å². The van der Waals surface area contributed by atoms with Crippen molar-refractivity contribution >= 4 is 19.7 Å². The van der Waals surface area contributed by atoms with E-state index in [1.165, 1.54) is 0 Å². The Morgan fingerprint density at radius 2 is 1.50 bits per heavy atom. The monoisotopic (exact) mass is 559 g/mol. The maximum atomic E-state index is 11.9. The number of carbonyl (C=O) groups excluding carboxylic acids is 2. The highest BCUT2D eigenvalue weighted by molar-refractivity contribution is 7.47. The molecule has 38 heavy (non-hydrogen) atoms. The molecule has 0 saturated heterocycles. The first-order valence-electron chi connectivity index (χ1n) is 14.0. The predicted octanol–water partition coefficient (Wildman–Crippen LogP) is 5.92. The van der Waals surface area contributed by atoms with Crippen LogP contribution < -0.4 is 5.32 Å². The van der Waals surface area contributed by atoms with E-state index >= 15 is 0 Å². The minimum atomic E-state index is -4.39. The Kier molecular flexibility index (Phi) is 24.3. The second-order valence-corrected chi connectivity index (χ2v) is 10.4. The van der Waals surface area contributed by atoms with Crippen molar-refractivity contribution < 1.29 is 37.9 Å². The van der Waals surface area contributed by atoms with Gasteiger partial charge in [0.1, 0.15) is 12.7 Å². The highest BCUT2D eigenvalue weighted by Gasteiger charge is 2.23. The molecule has 0 aromatic carbocycles. The third kappa shape index (κ3) is 25.9. The Labute approximate surface area is 229 Å². The molecule has 0 spiro atoms. The second kappa shape index (κ2) is 25.5. The van der Waals surface area contributed by atoms with Crippen molar-refractivity contribution in [2.75, 3.05) is 26.4 Å². The van der Waals surface area contributed by atoms with Crippen LogP contribution in [0, 0.1) is 0 Å². The summed E-state index contributed by atoms with van der Waals surface area (Å²) in [5.41, 5.74) is 0. The first-order chi connectivity index (χ1) is 18.3. The van der Waals surface area contributed by atoms with Crippen LogP contribution >= 0.6 is 7.82 Å². The fraction of sp³-hybridized carbons (Fsp3) is 0.714. The van der Waals surface area contributed by atoms with Crippen molar-refractivity contribution in [1.29, 1.82) is 0 Å². The van der Waals surface area contributed by atoms with Crippen LogP contribution in [0.2, 0.25) is 0 Å². The molecule has 2 unspecified atom stereocenters. The van der Waals surface area contributed by atoms with E-state index < -0.39 is 26.5 Å². The van der Waals surface area contributed by atoms with Gasteiger partial charge in [-0.05, 0) is 44.9 Å². The Bertz CT molecular complexity index is 738. The summed E-state index contributed by atoms with van der Waals surface area (Å²) >= 11 is 0. The van der Waals surface area contributed by atoms with Gasteiger partial charge in [-0.15, -0.1) is 0 Å². The molecule has 0 aromatic rings. The Morgan fingerprint density at radius 1 is 0.842 bits per heavy atom. The first-order valence-corrected chi connectivity index (χ1v) is 15.5. The Hall–Kier alpha value is -1.77. The van der Waals surface area contributed by atoms with E-state index in [4.69, 9.17) is 13.8 Å².